The number of nitriles is 1. The molecule has 5 heteroatoms. The SMILES string of the molecule is CC(=O)c1ccc(C#CCC#N)c([N+](=O)[O-])c1. The number of hydrogen-bond acceptors (Lipinski definition) is 4. The second-order valence-electron chi connectivity index (χ2n) is 3.18. The van der Waals surface area contributed by atoms with E-state index in [0.29, 0.717) is 0 Å². The second-order valence-corrected chi connectivity index (χ2v) is 3.18. The predicted molar refractivity (Wildman–Crippen MR) is 60.2 cm³/mol. The van der Waals surface area contributed by atoms with E-state index in [1.165, 1.54) is 25.1 Å². The molecular weight excluding hydrogens is 220 g/mol. The van der Waals surface area contributed by atoms with E-state index >= 15 is 0 Å². The lowest BCUT2D eigenvalue weighted by atomic mass is 10.1. The molecule has 0 aliphatic heterocycles. The molecule has 0 bridgehead atoms. The van der Waals surface area contributed by atoms with E-state index in [-0.39, 0.29) is 29.0 Å². The van der Waals surface area contributed by atoms with Gasteiger partial charge in [0.05, 0.1) is 17.4 Å². The number of carbonyl (C=O) groups is 1. The maximum Gasteiger partial charge on any atom is 0.285 e. The summed E-state index contributed by atoms with van der Waals surface area (Å²) in [6.45, 7) is 1.33. The van der Waals surface area contributed by atoms with Crippen LogP contribution in [-0.2, 0) is 0 Å². The summed E-state index contributed by atoms with van der Waals surface area (Å²) in [5.41, 5.74) is 0.251. The van der Waals surface area contributed by atoms with Crippen LogP contribution in [0.4, 0.5) is 5.69 Å². The van der Waals surface area contributed by atoms with Crippen molar-refractivity contribution in [2.24, 2.45) is 0 Å². The van der Waals surface area contributed by atoms with Crippen LogP contribution in [0.5, 0.6) is 0 Å². The summed E-state index contributed by atoms with van der Waals surface area (Å²) in [5.74, 6) is 4.79. The van der Waals surface area contributed by atoms with Gasteiger partial charge in [0.2, 0.25) is 0 Å². The van der Waals surface area contributed by atoms with Gasteiger partial charge in [0.15, 0.2) is 5.78 Å². The van der Waals surface area contributed by atoms with Crippen molar-refractivity contribution in [3.05, 3.63) is 39.4 Å². The first-order chi connectivity index (χ1) is 8.06. The summed E-state index contributed by atoms with van der Waals surface area (Å²) in [7, 11) is 0. The van der Waals surface area contributed by atoms with Crippen LogP contribution in [-0.4, -0.2) is 10.7 Å². The summed E-state index contributed by atoms with van der Waals surface area (Å²) in [6.07, 6.45) is 0.00557. The van der Waals surface area contributed by atoms with Crippen molar-refractivity contribution in [2.75, 3.05) is 0 Å². The fraction of sp³-hybridized carbons (Fsp3) is 0.167. The topological polar surface area (TPSA) is 84.0 Å². The van der Waals surface area contributed by atoms with Gasteiger partial charge in [-0.1, -0.05) is 11.8 Å². The Bertz CT molecular complexity index is 574. The van der Waals surface area contributed by atoms with Crippen LogP contribution in [0.1, 0.15) is 29.3 Å². The van der Waals surface area contributed by atoms with Crippen molar-refractivity contribution in [2.45, 2.75) is 13.3 Å². The number of nitro groups is 1. The minimum atomic E-state index is -0.594. The third kappa shape index (κ3) is 3.15. The second kappa shape index (κ2) is 5.43. The molecule has 0 unspecified atom stereocenters. The highest BCUT2D eigenvalue weighted by atomic mass is 16.6. The smallest absolute Gasteiger partial charge is 0.285 e. The van der Waals surface area contributed by atoms with Crippen LogP contribution < -0.4 is 0 Å². The quantitative estimate of drug-likeness (QED) is 0.335. The lowest BCUT2D eigenvalue weighted by molar-refractivity contribution is -0.385. The number of hydrogen-bond donors (Lipinski definition) is 0. The molecule has 84 valence electrons. The maximum atomic E-state index is 11.1. The Kier molecular flexibility index (Phi) is 3.96. The maximum absolute atomic E-state index is 11.1. The fourth-order valence-electron chi connectivity index (χ4n) is 1.19. The van der Waals surface area contributed by atoms with E-state index in [2.05, 4.69) is 11.8 Å². The van der Waals surface area contributed by atoms with E-state index in [9.17, 15) is 14.9 Å². The van der Waals surface area contributed by atoms with E-state index in [1.54, 1.807) is 0 Å². The Balaban J connectivity index is 3.25. The average molecular weight is 228 g/mol. The van der Waals surface area contributed by atoms with E-state index in [4.69, 9.17) is 5.26 Å². The van der Waals surface area contributed by atoms with Crippen molar-refractivity contribution in [1.29, 1.82) is 5.26 Å². The Morgan fingerprint density at radius 2 is 2.24 bits per heavy atom. The molecule has 0 saturated carbocycles. The van der Waals surface area contributed by atoms with Crippen molar-refractivity contribution < 1.29 is 9.72 Å². The zero-order valence-electron chi connectivity index (χ0n) is 9.06. The molecular formula is C12H8N2O3. The van der Waals surface area contributed by atoms with Crippen LogP contribution in [0.15, 0.2) is 18.2 Å². The van der Waals surface area contributed by atoms with Gasteiger partial charge in [-0.15, -0.1) is 0 Å². The van der Waals surface area contributed by atoms with E-state index in [0.717, 1.165) is 0 Å². The zero-order chi connectivity index (χ0) is 12.8. The molecule has 5 nitrogen and oxygen atoms in total. The summed E-state index contributed by atoms with van der Waals surface area (Å²) >= 11 is 0. The third-order valence-corrected chi connectivity index (χ3v) is 1.99. The molecule has 0 heterocycles. The molecule has 1 rings (SSSR count). The molecule has 1 aromatic carbocycles. The van der Waals surface area contributed by atoms with Crippen molar-refractivity contribution >= 4 is 11.5 Å². The number of carbonyl (C=O) groups excluding carboxylic acids is 1. The summed E-state index contributed by atoms with van der Waals surface area (Å²) in [5, 5.41) is 19.1. The number of nitro benzene ring substituents is 1. The predicted octanol–water partition coefficient (Wildman–Crippen LogP) is 2.06. The summed E-state index contributed by atoms with van der Waals surface area (Å²) in [6, 6.07) is 5.91. The molecule has 0 saturated heterocycles. The van der Waals surface area contributed by atoms with Crippen LogP contribution in [0.3, 0.4) is 0 Å². The number of Topliss-reactive ketones (excluding diaryl/α,β-unsaturated/α-hetero) is 1. The number of ketones is 1. The van der Waals surface area contributed by atoms with Gasteiger partial charge in [0.1, 0.15) is 5.56 Å². The molecule has 0 aliphatic rings. The minimum Gasteiger partial charge on any atom is -0.295 e. The van der Waals surface area contributed by atoms with Crippen molar-refractivity contribution in [1.82, 2.24) is 0 Å². The van der Waals surface area contributed by atoms with E-state index < -0.39 is 4.92 Å². The van der Waals surface area contributed by atoms with Gasteiger partial charge in [-0.05, 0) is 19.1 Å². The fourth-order valence-corrected chi connectivity index (χ4v) is 1.19. The lowest BCUT2D eigenvalue weighted by Crippen LogP contribution is -1.97. The molecule has 0 atom stereocenters. The van der Waals surface area contributed by atoms with Crippen LogP contribution >= 0.6 is 0 Å². The monoisotopic (exact) mass is 228 g/mol. The molecule has 0 N–H and O–H groups in total. The Morgan fingerprint density at radius 3 is 2.76 bits per heavy atom. The molecule has 0 spiro atoms. The highest BCUT2D eigenvalue weighted by Crippen LogP contribution is 2.19. The van der Waals surface area contributed by atoms with Gasteiger partial charge in [-0.2, -0.15) is 5.26 Å². The van der Waals surface area contributed by atoms with Crippen LogP contribution in [0.25, 0.3) is 0 Å². The number of nitrogens with zero attached hydrogens (tertiary/aromatic N) is 2. The van der Waals surface area contributed by atoms with E-state index in [1.807, 2.05) is 6.07 Å². The molecule has 1 aromatic rings. The Labute approximate surface area is 97.8 Å². The minimum absolute atomic E-state index is 0.00557. The van der Waals surface area contributed by atoms with Crippen LogP contribution in [0.2, 0.25) is 0 Å². The van der Waals surface area contributed by atoms with Crippen LogP contribution in [0, 0.1) is 33.3 Å². The van der Waals surface area contributed by atoms with Crippen molar-refractivity contribution in [3.8, 4) is 17.9 Å². The van der Waals surface area contributed by atoms with Gasteiger partial charge in [-0.3, -0.25) is 14.9 Å². The van der Waals surface area contributed by atoms with Gasteiger partial charge in [0.25, 0.3) is 5.69 Å². The Hall–Kier alpha value is -2.66. The van der Waals surface area contributed by atoms with Crippen molar-refractivity contribution in [3.63, 3.8) is 0 Å². The first kappa shape index (κ1) is 12.4. The molecule has 0 fully saturated rings. The molecule has 0 aromatic heterocycles. The lowest BCUT2D eigenvalue weighted by Gasteiger charge is -1.98. The highest BCUT2D eigenvalue weighted by molar-refractivity contribution is 5.95. The zero-order valence-corrected chi connectivity index (χ0v) is 9.06. The van der Waals surface area contributed by atoms with Gasteiger partial charge >= 0.3 is 0 Å². The molecule has 17 heavy (non-hydrogen) atoms. The summed E-state index contributed by atoms with van der Waals surface area (Å²) < 4.78 is 0. The first-order valence-electron chi connectivity index (χ1n) is 4.71. The Morgan fingerprint density at radius 1 is 1.53 bits per heavy atom. The number of rotatable bonds is 2. The molecule has 0 amide bonds. The molecule has 0 aliphatic carbocycles. The van der Waals surface area contributed by atoms with Gasteiger partial charge in [0, 0.05) is 11.6 Å². The number of benzene rings is 1. The van der Waals surface area contributed by atoms with Gasteiger partial charge in [-0.25, -0.2) is 0 Å². The summed E-state index contributed by atoms with van der Waals surface area (Å²) in [4.78, 5) is 21.3. The first-order valence-corrected chi connectivity index (χ1v) is 4.71. The molecule has 0 radical (unpaired) electrons. The largest absolute Gasteiger partial charge is 0.295 e. The normalized spacial score (nSPS) is 8.71. The standard InChI is InChI=1S/C12H8N2O3/c1-9(15)11-6-5-10(4-2-3-7-13)12(8-11)14(16)17/h5-6,8H,3H2,1H3. The van der Waals surface area contributed by atoms with Gasteiger partial charge < -0.3 is 0 Å². The highest BCUT2D eigenvalue weighted by Gasteiger charge is 2.14. The average Bonchev–Trinajstić information content (AvgIpc) is 2.29. The third-order valence-electron chi connectivity index (χ3n) is 1.99.